The van der Waals surface area contributed by atoms with Crippen molar-refractivity contribution in [3.63, 3.8) is 0 Å². The number of hydrogen-bond acceptors (Lipinski definition) is 4. The molecule has 164 valence electrons. The molecule has 4 rings (SSSR count). The van der Waals surface area contributed by atoms with Crippen LogP contribution in [0.25, 0.3) is 11.8 Å². The molecule has 1 aromatic heterocycles. The van der Waals surface area contributed by atoms with Crippen LogP contribution < -0.4 is 4.74 Å². The largest absolute Gasteiger partial charge is 0.494 e. The zero-order valence-corrected chi connectivity index (χ0v) is 19.8. The van der Waals surface area contributed by atoms with Crippen molar-refractivity contribution in [2.45, 2.75) is 20.8 Å². The van der Waals surface area contributed by atoms with Gasteiger partial charge in [-0.05, 0) is 92.7 Å². The van der Waals surface area contributed by atoms with Gasteiger partial charge < -0.3 is 9.30 Å². The van der Waals surface area contributed by atoms with Gasteiger partial charge in [0.2, 0.25) is 0 Å². The van der Waals surface area contributed by atoms with Crippen LogP contribution in [0.4, 0.5) is 5.69 Å². The molecular formula is C25H24ClN3O2S. The van der Waals surface area contributed by atoms with Gasteiger partial charge in [0.05, 0.1) is 17.2 Å². The molecule has 1 aliphatic rings. The molecule has 0 aliphatic carbocycles. The average Bonchev–Trinajstić information content (AvgIpc) is 3.36. The van der Waals surface area contributed by atoms with Crippen LogP contribution in [0.15, 0.2) is 70.7 Å². The minimum Gasteiger partial charge on any atom is -0.494 e. The summed E-state index contributed by atoms with van der Waals surface area (Å²) in [6.45, 7) is 7.04. The smallest absolute Gasteiger partial charge is 0.266 e. The Bertz CT molecular complexity index is 1200. The van der Waals surface area contributed by atoms with Crippen LogP contribution in [0.3, 0.4) is 0 Å². The molecule has 7 heteroatoms. The van der Waals surface area contributed by atoms with Crippen LogP contribution >= 0.6 is 23.4 Å². The summed E-state index contributed by atoms with van der Waals surface area (Å²) in [6.07, 6.45) is 3.87. The Morgan fingerprint density at radius 3 is 2.59 bits per heavy atom. The topological polar surface area (TPSA) is 46.8 Å². The second-order valence-corrected chi connectivity index (χ2v) is 8.63. The normalized spacial score (nSPS) is 16.4. The number of carbonyl (C=O) groups excluding carboxylic acids is 1. The van der Waals surface area contributed by atoms with Crippen LogP contribution in [-0.4, -0.2) is 33.7 Å². The van der Waals surface area contributed by atoms with Crippen LogP contribution in [0.2, 0.25) is 5.02 Å². The number of nitrogens with zero attached hydrogens (tertiary/aromatic N) is 3. The zero-order valence-electron chi connectivity index (χ0n) is 18.2. The molecule has 1 saturated heterocycles. The number of halogens is 1. The third kappa shape index (κ3) is 4.61. The maximum absolute atomic E-state index is 13.1. The summed E-state index contributed by atoms with van der Waals surface area (Å²) in [6, 6.07) is 17.4. The Morgan fingerprint density at radius 1 is 1.12 bits per heavy atom. The van der Waals surface area contributed by atoms with E-state index in [0.29, 0.717) is 28.2 Å². The lowest BCUT2D eigenvalue weighted by molar-refractivity contribution is -0.122. The molecule has 0 radical (unpaired) electrons. The zero-order chi connectivity index (χ0) is 22.7. The van der Waals surface area contributed by atoms with E-state index < -0.39 is 0 Å². The number of amidine groups is 1. The van der Waals surface area contributed by atoms with Crippen molar-refractivity contribution < 1.29 is 9.53 Å². The van der Waals surface area contributed by atoms with Crippen molar-refractivity contribution in [3.8, 4) is 11.4 Å². The summed E-state index contributed by atoms with van der Waals surface area (Å²) in [4.78, 5) is 20.1. The quantitative estimate of drug-likeness (QED) is 0.392. The van der Waals surface area contributed by atoms with Crippen molar-refractivity contribution >= 4 is 46.2 Å². The fourth-order valence-corrected chi connectivity index (χ4v) is 4.60. The van der Waals surface area contributed by atoms with E-state index in [0.717, 1.165) is 28.4 Å². The number of ether oxygens (including phenoxy) is 1. The molecule has 0 atom stereocenters. The lowest BCUT2D eigenvalue weighted by Crippen LogP contribution is -2.28. The van der Waals surface area contributed by atoms with Gasteiger partial charge >= 0.3 is 0 Å². The molecule has 2 aromatic carbocycles. The molecule has 1 aliphatic heterocycles. The standard InChI is InChI=1S/C25H24ClN3O2S/c1-4-28-24(30)23(32-25(28)27-18-9-12-21(13-10-18)31-5-2)16-19-7-6-14-29(19)20-11-8-17(3)22(26)15-20/h6-16H,4-5H2,1-3H3/b23-16-,27-25?. The molecule has 0 saturated carbocycles. The number of likely N-dealkylation sites (N-methyl/N-ethyl adjacent to an activating group) is 1. The van der Waals surface area contributed by atoms with Gasteiger partial charge in [0.1, 0.15) is 5.75 Å². The molecule has 0 unspecified atom stereocenters. The lowest BCUT2D eigenvalue weighted by atomic mass is 10.2. The van der Waals surface area contributed by atoms with E-state index in [1.807, 2.05) is 92.2 Å². The Kier molecular flexibility index (Phi) is 6.72. The predicted octanol–water partition coefficient (Wildman–Crippen LogP) is 6.46. The van der Waals surface area contributed by atoms with Gasteiger partial charge in [-0.1, -0.05) is 17.7 Å². The highest BCUT2D eigenvalue weighted by molar-refractivity contribution is 8.18. The summed E-state index contributed by atoms with van der Waals surface area (Å²) >= 11 is 7.71. The molecule has 3 aromatic rings. The van der Waals surface area contributed by atoms with Crippen LogP contribution in [-0.2, 0) is 4.79 Å². The van der Waals surface area contributed by atoms with Crippen molar-refractivity contribution in [1.82, 2.24) is 9.47 Å². The number of benzene rings is 2. The van der Waals surface area contributed by atoms with Gasteiger partial charge in [-0.15, -0.1) is 0 Å². The van der Waals surface area contributed by atoms with E-state index in [1.54, 1.807) is 4.90 Å². The fourth-order valence-electron chi connectivity index (χ4n) is 3.38. The SMILES string of the molecule is CCOc1ccc(N=C2S/C(=C\c3cccn3-c3ccc(C)c(Cl)c3)C(=O)N2CC)cc1. The number of hydrogen-bond donors (Lipinski definition) is 0. The monoisotopic (exact) mass is 465 g/mol. The molecule has 0 spiro atoms. The van der Waals surface area contributed by atoms with Crippen molar-refractivity contribution in [2.24, 2.45) is 4.99 Å². The van der Waals surface area contributed by atoms with E-state index in [2.05, 4.69) is 0 Å². The maximum Gasteiger partial charge on any atom is 0.266 e. The van der Waals surface area contributed by atoms with Gasteiger partial charge in [-0.25, -0.2) is 4.99 Å². The molecular weight excluding hydrogens is 442 g/mol. The summed E-state index contributed by atoms with van der Waals surface area (Å²) in [7, 11) is 0. The minimum absolute atomic E-state index is 0.0446. The Balaban J connectivity index is 1.63. The van der Waals surface area contributed by atoms with E-state index in [4.69, 9.17) is 21.3 Å². The Hall–Kier alpha value is -2.96. The first-order valence-electron chi connectivity index (χ1n) is 10.5. The highest BCUT2D eigenvalue weighted by atomic mass is 35.5. The maximum atomic E-state index is 13.1. The molecule has 32 heavy (non-hydrogen) atoms. The summed E-state index contributed by atoms with van der Waals surface area (Å²) in [5, 5.41) is 1.38. The molecule has 0 N–H and O–H groups in total. The number of amides is 1. The number of aliphatic imine (C=N–C) groups is 1. The number of aryl methyl sites for hydroxylation is 1. The second-order valence-electron chi connectivity index (χ2n) is 7.22. The number of thioether (sulfide) groups is 1. The first-order chi connectivity index (χ1) is 15.5. The van der Waals surface area contributed by atoms with E-state index >= 15 is 0 Å². The van der Waals surface area contributed by atoms with Gasteiger partial charge in [-0.3, -0.25) is 9.69 Å². The first-order valence-corrected chi connectivity index (χ1v) is 11.7. The Labute approximate surface area is 197 Å². The predicted molar refractivity (Wildman–Crippen MR) is 133 cm³/mol. The van der Waals surface area contributed by atoms with E-state index in [9.17, 15) is 4.79 Å². The highest BCUT2D eigenvalue weighted by Gasteiger charge is 2.32. The molecule has 1 amide bonds. The summed E-state index contributed by atoms with van der Waals surface area (Å²) in [5.41, 5.74) is 3.65. The van der Waals surface area contributed by atoms with Crippen LogP contribution in [0.5, 0.6) is 5.75 Å². The van der Waals surface area contributed by atoms with Gasteiger partial charge in [-0.2, -0.15) is 0 Å². The number of rotatable bonds is 6. The number of aromatic nitrogens is 1. The Morgan fingerprint density at radius 2 is 1.91 bits per heavy atom. The fraction of sp³-hybridized carbons (Fsp3) is 0.200. The van der Waals surface area contributed by atoms with E-state index in [1.165, 1.54) is 11.8 Å². The summed E-state index contributed by atoms with van der Waals surface area (Å²) < 4.78 is 7.51. The summed E-state index contributed by atoms with van der Waals surface area (Å²) in [5.74, 6) is 0.758. The second kappa shape index (κ2) is 9.67. The average molecular weight is 466 g/mol. The third-order valence-corrected chi connectivity index (χ3v) is 6.48. The van der Waals surface area contributed by atoms with Crippen molar-refractivity contribution in [3.05, 3.63) is 82.0 Å². The van der Waals surface area contributed by atoms with Crippen molar-refractivity contribution in [1.29, 1.82) is 0 Å². The molecule has 2 heterocycles. The molecule has 1 fully saturated rings. The van der Waals surface area contributed by atoms with Crippen LogP contribution in [0, 0.1) is 6.92 Å². The third-order valence-electron chi connectivity index (χ3n) is 5.07. The minimum atomic E-state index is -0.0446. The van der Waals surface area contributed by atoms with E-state index in [-0.39, 0.29) is 5.91 Å². The van der Waals surface area contributed by atoms with Gasteiger partial charge in [0, 0.05) is 29.1 Å². The number of carbonyl (C=O) groups is 1. The van der Waals surface area contributed by atoms with Crippen molar-refractivity contribution in [2.75, 3.05) is 13.2 Å². The van der Waals surface area contributed by atoms with Gasteiger partial charge in [0.25, 0.3) is 5.91 Å². The molecule has 0 bridgehead atoms. The molecule has 5 nitrogen and oxygen atoms in total. The lowest BCUT2D eigenvalue weighted by Gasteiger charge is -2.12. The first kappa shape index (κ1) is 22.2. The van der Waals surface area contributed by atoms with Crippen LogP contribution in [0.1, 0.15) is 25.1 Å². The van der Waals surface area contributed by atoms with Gasteiger partial charge in [0.15, 0.2) is 5.17 Å². The highest BCUT2D eigenvalue weighted by Crippen LogP contribution is 2.35.